The molecule has 3 heteroatoms. The van der Waals surface area contributed by atoms with E-state index in [1.165, 1.54) is 0 Å². The smallest absolute Gasteiger partial charge is 0.238 e. The Morgan fingerprint density at radius 3 is 2.00 bits per heavy atom. The third-order valence-corrected chi connectivity index (χ3v) is 1.57. The lowest BCUT2D eigenvalue weighted by Crippen LogP contribution is -2.26. The summed E-state index contributed by atoms with van der Waals surface area (Å²) in [6, 6.07) is -0.0750. The van der Waals surface area contributed by atoms with Gasteiger partial charge in [0.25, 0.3) is 0 Å². The molecule has 0 aromatic rings. The second-order valence-electron chi connectivity index (χ2n) is 2.88. The Kier molecular flexibility index (Phi) is 4.52. The van der Waals surface area contributed by atoms with Gasteiger partial charge < -0.3 is 5.73 Å². The summed E-state index contributed by atoms with van der Waals surface area (Å²) in [5.41, 5.74) is 5.53. The van der Waals surface area contributed by atoms with Gasteiger partial charge in [0, 0.05) is 12.5 Å². The number of hydrogen-bond donors (Lipinski definition) is 1. The first-order chi connectivity index (χ1) is 4.54. The van der Waals surface area contributed by atoms with Crippen molar-refractivity contribution >= 4 is 0 Å². The van der Waals surface area contributed by atoms with Gasteiger partial charge in [0.2, 0.25) is 6.43 Å². The van der Waals surface area contributed by atoms with Gasteiger partial charge in [-0.05, 0) is 12.3 Å². The van der Waals surface area contributed by atoms with Crippen molar-refractivity contribution in [1.82, 2.24) is 0 Å². The molecule has 0 amide bonds. The van der Waals surface area contributed by atoms with Crippen molar-refractivity contribution in [2.45, 2.75) is 39.2 Å². The Hall–Kier alpha value is -0.180. The van der Waals surface area contributed by atoms with Crippen LogP contribution in [0.15, 0.2) is 0 Å². The van der Waals surface area contributed by atoms with Gasteiger partial charge in [-0.25, -0.2) is 8.78 Å². The highest BCUT2D eigenvalue weighted by Crippen LogP contribution is 2.09. The maximum absolute atomic E-state index is 11.6. The zero-order chi connectivity index (χ0) is 8.15. The van der Waals surface area contributed by atoms with Crippen LogP contribution in [0.25, 0.3) is 0 Å². The van der Waals surface area contributed by atoms with Crippen molar-refractivity contribution in [2.24, 2.45) is 11.7 Å². The Morgan fingerprint density at radius 1 is 1.20 bits per heavy atom. The summed E-state index contributed by atoms with van der Waals surface area (Å²) in [6.07, 6.45) is -1.85. The lowest BCUT2D eigenvalue weighted by atomic mass is 10.0. The van der Waals surface area contributed by atoms with Crippen molar-refractivity contribution in [3.05, 3.63) is 0 Å². The van der Waals surface area contributed by atoms with Crippen LogP contribution >= 0.6 is 0 Å². The summed E-state index contributed by atoms with van der Waals surface area (Å²) >= 11 is 0. The van der Waals surface area contributed by atoms with Gasteiger partial charge in [0.05, 0.1) is 0 Å². The average Bonchev–Trinajstić information content (AvgIpc) is 1.82. The van der Waals surface area contributed by atoms with Gasteiger partial charge in [0.15, 0.2) is 0 Å². The molecular weight excluding hydrogens is 136 g/mol. The number of alkyl halides is 2. The third kappa shape index (κ3) is 4.68. The van der Waals surface area contributed by atoms with Crippen molar-refractivity contribution in [3.8, 4) is 0 Å². The molecule has 0 spiro atoms. The Labute approximate surface area is 60.6 Å². The van der Waals surface area contributed by atoms with E-state index in [4.69, 9.17) is 5.73 Å². The van der Waals surface area contributed by atoms with Gasteiger partial charge in [0.1, 0.15) is 0 Å². The first-order valence-corrected chi connectivity index (χ1v) is 3.57. The van der Waals surface area contributed by atoms with E-state index >= 15 is 0 Å². The molecule has 1 unspecified atom stereocenters. The SMILES string of the molecule is CC(C)C(N)CCC(F)F. The standard InChI is InChI=1S/C7H15F2N/c1-5(2)6(10)3-4-7(8)9/h5-7H,3-4,10H2,1-2H3. The molecule has 0 rings (SSSR count). The van der Waals surface area contributed by atoms with Crippen molar-refractivity contribution in [3.63, 3.8) is 0 Å². The zero-order valence-corrected chi connectivity index (χ0v) is 6.48. The minimum absolute atomic E-state index is 0.0701. The summed E-state index contributed by atoms with van der Waals surface area (Å²) in [5, 5.41) is 0. The summed E-state index contributed by atoms with van der Waals surface area (Å²) < 4.78 is 23.2. The zero-order valence-electron chi connectivity index (χ0n) is 6.48. The summed E-state index contributed by atoms with van der Waals surface area (Å²) in [6.45, 7) is 3.88. The first-order valence-electron chi connectivity index (χ1n) is 3.57. The van der Waals surface area contributed by atoms with Gasteiger partial charge >= 0.3 is 0 Å². The van der Waals surface area contributed by atoms with Crippen LogP contribution in [0, 0.1) is 5.92 Å². The Morgan fingerprint density at radius 2 is 1.70 bits per heavy atom. The highest BCUT2D eigenvalue weighted by molar-refractivity contribution is 4.65. The molecule has 1 atom stereocenters. The Bertz CT molecular complexity index is 83.7. The van der Waals surface area contributed by atoms with E-state index in [1.807, 2.05) is 13.8 Å². The van der Waals surface area contributed by atoms with Gasteiger partial charge in [-0.1, -0.05) is 13.8 Å². The maximum atomic E-state index is 11.6. The second kappa shape index (κ2) is 4.61. The fraction of sp³-hybridized carbons (Fsp3) is 1.00. The van der Waals surface area contributed by atoms with E-state index in [1.54, 1.807) is 0 Å². The predicted molar refractivity (Wildman–Crippen MR) is 38.1 cm³/mol. The molecular formula is C7H15F2N. The molecule has 0 saturated heterocycles. The largest absolute Gasteiger partial charge is 0.327 e. The number of halogens is 2. The highest BCUT2D eigenvalue weighted by atomic mass is 19.3. The van der Waals surface area contributed by atoms with Crippen molar-refractivity contribution in [2.75, 3.05) is 0 Å². The van der Waals surface area contributed by atoms with Crippen LogP contribution in [0.1, 0.15) is 26.7 Å². The average molecular weight is 151 g/mol. The molecule has 0 heterocycles. The van der Waals surface area contributed by atoms with E-state index in [0.717, 1.165) is 0 Å². The van der Waals surface area contributed by atoms with E-state index in [-0.39, 0.29) is 12.5 Å². The second-order valence-corrected chi connectivity index (χ2v) is 2.88. The molecule has 0 aliphatic rings. The minimum atomic E-state index is -2.20. The van der Waals surface area contributed by atoms with Gasteiger partial charge in [-0.15, -0.1) is 0 Å². The van der Waals surface area contributed by atoms with E-state index in [0.29, 0.717) is 12.3 Å². The van der Waals surface area contributed by atoms with Crippen LogP contribution in [-0.4, -0.2) is 12.5 Å². The predicted octanol–water partition coefficient (Wildman–Crippen LogP) is 2.01. The number of rotatable bonds is 4. The number of hydrogen-bond acceptors (Lipinski definition) is 1. The third-order valence-electron chi connectivity index (χ3n) is 1.57. The molecule has 0 radical (unpaired) electrons. The van der Waals surface area contributed by atoms with Crippen molar-refractivity contribution in [1.29, 1.82) is 0 Å². The van der Waals surface area contributed by atoms with Crippen LogP contribution in [0.2, 0.25) is 0 Å². The van der Waals surface area contributed by atoms with Crippen LogP contribution in [0.3, 0.4) is 0 Å². The van der Waals surface area contributed by atoms with E-state index in [9.17, 15) is 8.78 Å². The topological polar surface area (TPSA) is 26.0 Å². The van der Waals surface area contributed by atoms with Crippen LogP contribution in [0.5, 0.6) is 0 Å². The van der Waals surface area contributed by atoms with Crippen LogP contribution in [-0.2, 0) is 0 Å². The van der Waals surface area contributed by atoms with E-state index in [2.05, 4.69) is 0 Å². The monoisotopic (exact) mass is 151 g/mol. The minimum Gasteiger partial charge on any atom is -0.327 e. The maximum Gasteiger partial charge on any atom is 0.238 e. The molecule has 1 nitrogen and oxygen atoms in total. The van der Waals surface area contributed by atoms with Crippen LogP contribution < -0.4 is 5.73 Å². The fourth-order valence-electron chi connectivity index (χ4n) is 0.652. The molecule has 2 N–H and O–H groups in total. The van der Waals surface area contributed by atoms with Gasteiger partial charge in [-0.3, -0.25) is 0 Å². The summed E-state index contributed by atoms with van der Waals surface area (Å²) in [4.78, 5) is 0. The molecule has 0 aromatic carbocycles. The first kappa shape index (κ1) is 9.82. The van der Waals surface area contributed by atoms with Gasteiger partial charge in [-0.2, -0.15) is 0 Å². The summed E-state index contributed by atoms with van der Waals surface area (Å²) in [5.74, 6) is 0.304. The van der Waals surface area contributed by atoms with Crippen LogP contribution in [0.4, 0.5) is 8.78 Å². The lowest BCUT2D eigenvalue weighted by molar-refractivity contribution is 0.129. The molecule has 0 aliphatic heterocycles. The summed E-state index contributed by atoms with van der Waals surface area (Å²) in [7, 11) is 0. The number of nitrogens with two attached hydrogens (primary N) is 1. The molecule has 0 fully saturated rings. The lowest BCUT2D eigenvalue weighted by Gasteiger charge is -2.14. The molecule has 62 valence electrons. The molecule has 0 aromatic heterocycles. The molecule has 0 aliphatic carbocycles. The molecule has 0 saturated carbocycles. The van der Waals surface area contributed by atoms with Crippen molar-refractivity contribution < 1.29 is 8.78 Å². The molecule has 10 heavy (non-hydrogen) atoms. The quantitative estimate of drug-likeness (QED) is 0.653. The highest BCUT2D eigenvalue weighted by Gasteiger charge is 2.10. The normalized spacial score (nSPS) is 14.7. The van der Waals surface area contributed by atoms with E-state index < -0.39 is 6.43 Å². The Balaban J connectivity index is 3.30. The molecule has 0 bridgehead atoms. The fourth-order valence-corrected chi connectivity index (χ4v) is 0.652.